The molecule has 1 nitrogen and oxygen atoms in total. The van der Waals surface area contributed by atoms with Gasteiger partial charge in [0.2, 0.25) is 0 Å². The van der Waals surface area contributed by atoms with E-state index in [4.69, 9.17) is 5.73 Å². The maximum atomic E-state index is 6.43. The third-order valence-corrected chi connectivity index (χ3v) is 0.433. The Balaban J connectivity index is -0.0000000450. The molecular formula is C3H10NNiP. The fourth-order valence-electron chi connectivity index (χ4n) is 0. The van der Waals surface area contributed by atoms with Crippen molar-refractivity contribution in [2.75, 3.05) is 12.7 Å². The monoisotopic (exact) mass is 149 g/mol. The molecule has 0 heterocycles. The van der Waals surface area contributed by atoms with Gasteiger partial charge >= 0.3 is 16.5 Å². The second-order valence-corrected chi connectivity index (χ2v) is 1.12. The molecule has 1 atom stereocenters. The predicted octanol–water partition coefficient (Wildman–Crippen LogP) is 1.36. The van der Waals surface area contributed by atoms with Gasteiger partial charge in [-0.25, -0.2) is 0 Å². The molecule has 0 saturated carbocycles. The van der Waals surface area contributed by atoms with Gasteiger partial charge in [-0.1, -0.05) is 6.16 Å². The van der Waals surface area contributed by atoms with Crippen molar-refractivity contribution in [1.82, 2.24) is 0 Å². The van der Waals surface area contributed by atoms with E-state index in [1.165, 1.54) is 0 Å². The van der Waals surface area contributed by atoms with Crippen LogP contribution in [-0.4, -0.2) is 12.7 Å². The zero-order valence-electron chi connectivity index (χ0n) is 3.81. The first kappa shape index (κ1) is 15.8. The quantitative estimate of drug-likeness (QED) is 0.306. The van der Waals surface area contributed by atoms with E-state index in [-0.39, 0.29) is 23.9 Å². The number of hydrogen-bond acceptors (Lipinski definition) is 0. The van der Waals surface area contributed by atoms with E-state index in [2.05, 4.69) is 9.24 Å². The molecule has 1 unspecified atom stereocenters. The number of rotatable bonds is 1. The number of hydrogen-bond donors (Lipinski definition) is 0. The fourth-order valence-corrected chi connectivity index (χ4v) is 0. The van der Waals surface area contributed by atoms with Gasteiger partial charge in [0, 0.05) is 0 Å². The summed E-state index contributed by atoms with van der Waals surface area (Å²) in [7, 11) is 2.47. The summed E-state index contributed by atoms with van der Waals surface area (Å²) in [5, 5.41) is 0. The van der Waals surface area contributed by atoms with E-state index >= 15 is 0 Å². The van der Waals surface area contributed by atoms with E-state index < -0.39 is 0 Å². The summed E-state index contributed by atoms with van der Waals surface area (Å²) in [6, 6.07) is 0. The van der Waals surface area contributed by atoms with Gasteiger partial charge in [0.25, 0.3) is 0 Å². The van der Waals surface area contributed by atoms with Crippen molar-refractivity contribution in [2.45, 2.75) is 0 Å². The molecule has 0 fully saturated rings. The second-order valence-electron chi connectivity index (χ2n) is 0.539. The molecule has 0 aromatic heterocycles. The molecule has 0 aliphatic carbocycles. The van der Waals surface area contributed by atoms with Crippen LogP contribution in [0.5, 0.6) is 0 Å². The Morgan fingerprint density at radius 2 is 1.67 bits per heavy atom. The molecule has 42 valence electrons. The molecule has 1 N–H and O–H groups in total. The van der Waals surface area contributed by atoms with Crippen molar-refractivity contribution in [3.63, 3.8) is 0 Å². The largest absolute Gasteiger partial charge is 2.00 e. The summed E-state index contributed by atoms with van der Waals surface area (Å²) in [5.41, 5.74) is 6.43. The van der Waals surface area contributed by atoms with Crippen LogP contribution >= 0.6 is 9.24 Å². The zero-order valence-corrected chi connectivity index (χ0v) is 5.95. The molecule has 0 saturated heterocycles. The van der Waals surface area contributed by atoms with Crippen LogP contribution < -0.4 is 0 Å². The second kappa shape index (κ2) is 16.9. The van der Waals surface area contributed by atoms with Gasteiger partial charge in [-0.3, -0.25) is 0 Å². The van der Waals surface area contributed by atoms with Crippen LogP contribution in [0.1, 0.15) is 0 Å². The maximum absolute atomic E-state index is 6.43. The van der Waals surface area contributed by atoms with E-state index in [0.717, 1.165) is 6.16 Å². The Labute approximate surface area is 52.2 Å². The van der Waals surface area contributed by atoms with Gasteiger partial charge in [-0.05, 0) is 0 Å². The SMILES string of the molecule is [CH3-].[NH-]CCP.[Ni+2]. The molecule has 0 aliphatic rings. The van der Waals surface area contributed by atoms with Gasteiger partial charge in [0.05, 0.1) is 0 Å². The first-order valence-electron chi connectivity index (χ1n) is 1.26. The maximum Gasteiger partial charge on any atom is 2.00 e. The van der Waals surface area contributed by atoms with E-state index in [0.29, 0.717) is 6.54 Å². The Morgan fingerprint density at radius 3 is 1.67 bits per heavy atom. The molecular weight excluding hydrogens is 140 g/mol. The van der Waals surface area contributed by atoms with E-state index in [1.807, 2.05) is 0 Å². The third-order valence-electron chi connectivity index (χ3n) is 0.144. The fraction of sp³-hybridized carbons (Fsp3) is 0.667. The molecule has 0 rings (SSSR count). The molecule has 0 amide bonds. The van der Waals surface area contributed by atoms with Crippen molar-refractivity contribution in [3.05, 3.63) is 13.2 Å². The average Bonchev–Trinajstić information content (AvgIpc) is 1.37. The van der Waals surface area contributed by atoms with Crippen LogP contribution in [0.15, 0.2) is 0 Å². The van der Waals surface area contributed by atoms with Crippen LogP contribution in [0.25, 0.3) is 5.73 Å². The minimum atomic E-state index is 0. The van der Waals surface area contributed by atoms with E-state index in [9.17, 15) is 0 Å². The van der Waals surface area contributed by atoms with Gasteiger partial charge in [0.15, 0.2) is 0 Å². The van der Waals surface area contributed by atoms with Gasteiger partial charge in [-0.2, -0.15) is 0 Å². The van der Waals surface area contributed by atoms with Crippen LogP contribution in [0.3, 0.4) is 0 Å². The Hall–Kier alpha value is 0.884. The smallest absolute Gasteiger partial charge is 0.677 e. The summed E-state index contributed by atoms with van der Waals surface area (Å²) < 4.78 is 0. The summed E-state index contributed by atoms with van der Waals surface area (Å²) >= 11 is 0. The standard InChI is InChI=1S/C2H7NP.CH3.Ni/c3-1-2-4;;/h3H,1-2,4H2;1H3;/q2*-1;+2. The molecule has 0 bridgehead atoms. The Kier molecular flexibility index (Phi) is 44.4. The average molecular weight is 150 g/mol. The molecule has 6 heavy (non-hydrogen) atoms. The minimum absolute atomic E-state index is 0. The van der Waals surface area contributed by atoms with Crippen LogP contribution in [0, 0.1) is 7.43 Å². The van der Waals surface area contributed by atoms with Gasteiger partial charge < -0.3 is 13.2 Å². The molecule has 3 heteroatoms. The summed E-state index contributed by atoms with van der Waals surface area (Å²) in [4.78, 5) is 0. The van der Waals surface area contributed by atoms with Crippen LogP contribution in [0.4, 0.5) is 0 Å². The Bertz CT molecular complexity index is 12.8. The topological polar surface area (TPSA) is 23.8 Å². The molecule has 0 aliphatic heterocycles. The normalized spacial score (nSPS) is 5.00. The summed E-state index contributed by atoms with van der Waals surface area (Å²) in [6.07, 6.45) is 0.903. The zero-order chi connectivity index (χ0) is 3.41. The molecule has 0 radical (unpaired) electrons. The molecule has 0 aromatic rings. The molecule has 0 aromatic carbocycles. The van der Waals surface area contributed by atoms with Crippen molar-refractivity contribution >= 4 is 9.24 Å². The van der Waals surface area contributed by atoms with E-state index in [1.54, 1.807) is 0 Å². The van der Waals surface area contributed by atoms with Crippen molar-refractivity contribution < 1.29 is 16.5 Å². The van der Waals surface area contributed by atoms with Crippen molar-refractivity contribution in [3.8, 4) is 0 Å². The Morgan fingerprint density at radius 1 is 1.50 bits per heavy atom. The predicted molar refractivity (Wildman–Crippen MR) is 30.2 cm³/mol. The summed E-state index contributed by atoms with van der Waals surface area (Å²) in [6.45, 7) is 0.532. The van der Waals surface area contributed by atoms with Gasteiger partial charge in [0.1, 0.15) is 0 Å². The first-order chi connectivity index (χ1) is 1.91. The third kappa shape index (κ3) is 20.8. The first-order valence-corrected chi connectivity index (χ1v) is 2.08. The summed E-state index contributed by atoms with van der Waals surface area (Å²) in [5.74, 6) is 0. The van der Waals surface area contributed by atoms with Crippen molar-refractivity contribution in [2.24, 2.45) is 0 Å². The molecule has 0 spiro atoms. The van der Waals surface area contributed by atoms with Crippen LogP contribution in [-0.2, 0) is 16.5 Å². The van der Waals surface area contributed by atoms with Crippen LogP contribution in [0.2, 0.25) is 0 Å². The minimum Gasteiger partial charge on any atom is -0.677 e. The van der Waals surface area contributed by atoms with Gasteiger partial charge in [-0.15, -0.1) is 15.8 Å². The van der Waals surface area contributed by atoms with Crippen molar-refractivity contribution in [1.29, 1.82) is 0 Å². The number of nitrogens with one attached hydrogen (secondary N) is 1.